The molecule has 2 heterocycles. The van der Waals surface area contributed by atoms with Gasteiger partial charge in [0, 0.05) is 29.5 Å². The number of carbonyl (C=O) groups is 2. The van der Waals surface area contributed by atoms with Gasteiger partial charge in [-0.05, 0) is 30.9 Å². The third-order valence-corrected chi connectivity index (χ3v) is 5.03. The first-order chi connectivity index (χ1) is 9.24. The second-order valence-electron chi connectivity index (χ2n) is 5.16. The van der Waals surface area contributed by atoms with Gasteiger partial charge < -0.3 is 0 Å². The van der Waals surface area contributed by atoms with Crippen molar-refractivity contribution in [1.82, 2.24) is 4.90 Å². The van der Waals surface area contributed by atoms with E-state index in [1.165, 1.54) is 15.4 Å². The Hall–Kier alpha value is -1.29. The minimum Gasteiger partial charge on any atom is -0.281 e. The Morgan fingerprint density at radius 2 is 1.79 bits per heavy atom. The number of benzene rings is 1. The van der Waals surface area contributed by atoms with Crippen LogP contribution in [0, 0.1) is 0 Å². The van der Waals surface area contributed by atoms with Gasteiger partial charge in [-0.1, -0.05) is 18.2 Å². The molecule has 1 atom stereocenters. The van der Waals surface area contributed by atoms with E-state index in [9.17, 15) is 9.59 Å². The van der Waals surface area contributed by atoms with Crippen LogP contribution in [0.2, 0.25) is 0 Å². The van der Waals surface area contributed by atoms with E-state index in [4.69, 9.17) is 0 Å². The summed E-state index contributed by atoms with van der Waals surface area (Å²) in [6.45, 7) is 0.566. The van der Waals surface area contributed by atoms with Gasteiger partial charge in [0.1, 0.15) is 0 Å². The van der Waals surface area contributed by atoms with Crippen LogP contribution in [0.3, 0.4) is 0 Å². The van der Waals surface area contributed by atoms with E-state index in [1.54, 1.807) is 11.8 Å². The topological polar surface area (TPSA) is 37.4 Å². The van der Waals surface area contributed by atoms with Gasteiger partial charge in [0.15, 0.2) is 0 Å². The molecule has 2 amide bonds. The average molecular weight is 275 g/mol. The van der Waals surface area contributed by atoms with E-state index in [0.29, 0.717) is 24.6 Å². The van der Waals surface area contributed by atoms with E-state index in [0.717, 1.165) is 19.3 Å². The lowest BCUT2D eigenvalue weighted by atomic mass is 10.1. The van der Waals surface area contributed by atoms with Crippen molar-refractivity contribution >= 4 is 23.6 Å². The Balaban J connectivity index is 1.69. The Bertz CT molecular complexity index is 472. The van der Waals surface area contributed by atoms with Crippen LogP contribution in [-0.2, 0) is 16.0 Å². The fraction of sp³-hybridized carbons (Fsp3) is 0.467. The average Bonchev–Trinajstić information content (AvgIpc) is 2.75. The number of nitrogens with zero attached hydrogens (tertiary/aromatic N) is 1. The Kier molecular flexibility index (Phi) is 3.60. The molecule has 1 fully saturated rings. The molecule has 0 spiro atoms. The standard InChI is InChI=1S/C15H17NO2S/c17-14-7-3-4-8-15(18)16(14)10-12-9-11-5-1-2-6-13(11)19-12/h1-2,5-6,12H,3-4,7-10H2. The van der Waals surface area contributed by atoms with E-state index in [2.05, 4.69) is 12.1 Å². The number of thioether (sulfide) groups is 1. The minimum atomic E-state index is 0.0130. The molecule has 0 aliphatic carbocycles. The highest BCUT2D eigenvalue weighted by Crippen LogP contribution is 2.37. The van der Waals surface area contributed by atoms with Gasteiger partial charge in [-0.3, -0.25) is 14.5 Å². The molecule has 0 radical (unpaired) electrons. The predicted molar refractivity (Wildman–Crippen MR) is 75.0 cm³/mol. The third kappa shape index (κ3) is 2.68. The minimum absolute atomic E-state index is 0.0130. The number of rotatable bonds is 2. The molecule has 0 saturated carbocycles. The third-order valence-electron chi connectivity index (χ3n) is 3.73. The second kappa shape index (κ2) is 5.37. The summed E-state index contributed by atoms with van der Waals surface area (Å²) in [5.74, 6) is 0.0260. The smallest absolute Gasteiger partial charge is 0.229 e. The molecule has 0 N–H and O–H groups in total. The maximum Gasteiger partial charge on any atom is 0.229 e. The highest BCUT2D eigenvalue weighted by Gasteiger charge is 2.30. The zero-order valence-electron chi connectivity index (χ0n) is 10.8. The summed E-state index contributed by atoms with van der Waals surface area (Å²) < 4.78 is 0. The molecule has 2 aliphatic heterocycles. The van der Waals surface area contributed by atoms with Crippen molar-refractivity contribution in [3.8, 4) is 0 Å². The Labute approximate surface area is 117 Å². The summed E-state index contributed by atoms with van der Waals surface area (Å²) in [4.78, 5) is 26.8. The van der Waals surface area contributed by atoms with E-state index in [1.807, 2.05) is 12.1 Å². The van der Waals surface area contributed by atoms with Crippen LogP contribution in [-0.4, -0.2) is 28.5 Å². The molecular formula is C15H17NO2S. The summed E-state index contributed by atoms with van der Waals surface area (Å²) in [6, 6.07) is 8.33. The second-order valence-corrected chi connectivity index (χ2v) is 6.50. The van der Waals surface area contributed by atoms with Crippen molar-refractivity contribution in [2.75, 3.05) is 6.54 Å². The van der Waals surface area contributed by atoms with Gasteiger partial charge in [-0.15, -0.1) is 11.8 Å². The van der Waals surface area contributed by atoms with Crippen LogP contribution in [0.25, 0.3) is 0 Å². The molecule has 100 valence electrons. The first kappa shape index (κ1) is 12.7. The van der Waals surface area contributed by atoms with Crippen LogP contribution >= 0.6 is 11.8 Å². The highest BCUT2D eigenvalue weighted by atomic mass is 32.2. The van der Waals surface area contributed by atoms with Crippen molar-refractivity contribution in [3.63, 3.8) is 0 Å². The van der Waals surface area contributed by atoms with E-state index in [-0.39, 0.29) is 11.8 Å². The highest BCUT2D eigenvalue weighted by molar-refractivity contribution is 8.00. The molecule has 19 heavy (non-hydrogen) atoms. The number of hydrogen-bond acceptors (Lipinski definition) is 3. The maximum absolute atomic E-state index is 12.0. The van der Waals surface area contributed by atoms with Crippen molar-refractivity contribution < 1.29 is 9.59 Å². The molecule has 1 aromatic rings. The Morgan fingerprint density at radius 3 is 2.47 bits per heavy atom. The van der Waals surface area contributed by atoms with Crippen molar-refractivity contribution in [1.29, 1.82) is 0 Å². The van der Waals surface area contributed by atoms with Gasteiger partial charge in [0.2, 0.25) is 11.8 Å². The molecule has 1 unspecified atom stereocenters. The molecule has 1 aromatic carbocycles. The van der Waals surface area contributed by atoms with E-state index >= 15 is 0 Å². The van der Waals surface area contributed by atoms with Gasteiger partial charge in [0.05, 0.1) is 0 Å². The first-order valence-electron chi connectivity index (χ1n) is 6.82. The zero-order valence-corrected chi connectivity index (χ0v) is 11.6. The summed E-state index contributed by atoms with van der Waals surface area (Å²) in [5, 5.41) is 0.323. The Morgan fingerprint density at radius 1 is 1.11 bits per heavy atom. The molecule has 2 aliphatic rings. The number of carbonyl (C=O) groups excluding carboxylic acids is 2. The van der Waals surface area contributed by atoms with E-state index < -0.39 is 0 Å². The normalized spacial score (nSPS) is 23.4. The molecule has 4 heteroatoms. The van der Waals surface area contributed by atoms with Crippen molar-refractivity contribution in [2.24, 2.45) is 0 Å². The number of hydrogen-bond donors (Lipinski definition) is 0. The molecular weight excluding hydrogens is 258 g/mol. The van der Waals surface area contributed by atoms with Gasteiger partial charge in [-0.25, -0.2) is 0 Å². The molecule has 0 bridgehead atoms. The summed E-state index contributed by atoms with van der Waals surface area (Å²) >= 11 is 1.79. The number of likely N-dealkylation sites (tertiary alicyclic amines) is 1. The van der Waals surface area contributed by atoms with Crippen LogP contribution in [0.1, 0.15) is 31.2 Å². The zero-order chi connectivity index (χ0) is 13.2. The quantitative estimate of drug-likeness (QED) is 0.779. The lowest BCUT2D eigenvalue weighted by molar-refractivity contribution is -0.143. The summed E-state index contributed by atoms with van der Waals surface area (Å²) in [5.41, 5.74) is 1.34. The van der Waals surface area contributed by atoms with Crippen LogP contribution in [0.4, 0.5) is 0 Å². The fourth-order valence-corrected chi connectivity index (χ4v) is 4.03. The number of fused-ring (bicyclic) bond motifs is 1. The maximum atomic E-state index is 12.0. The first-order valence-corrected chi connectivity index (χ1v) is 7.70. The summed E-state index contributed by atoms with van der Waals surface area (Å²) in [7, 11) is 0. The number of imide groups is 1. The number of amides is 2. The fourth-order valence-electron chi connectivity index (χ4n) is 2.72. The van der Waals surface area contributed by atoms with Gasteiger partial charge in [-0.2, -0.15) is 0 Å². The lowest BCUT2D eigenvalue weighted by Crippen LogP contribution is -2.39. The molecule has 3 nitrogen and oxygen atoms in total. The SMILES string of the molecule is O=C1CCCCC(=O)N1CC1Cc2ccccc2S1. The molecule has 3 rings (SSSR count). The van der Waals surface area contributed by atoms with Crippen molar-refractivity contribution in [2.45, 2.75) is 42.2 Å². The molecule has 1 saturated heterocycles. The predicted octanol–water partition coefficient (Wildman–Crippen LogP) is 2.63. The molecule has 0 aromatic heterocycles. The summed E-state index contributed by atoms with van der Waals surface area (Å²) in [6.07, 6.45) is 3.70. The van der Waals surface area contributed by atoms with Gasteiger partial charge in [0.25, 0.3) is 0 Å². The van der Waals surface area contributed by atoms with Crippen molar-refractivity contribution in [3.05, 3.63) is 29.8 Å². The van der Waals surface area contributed by atoms with Gasteiger partial charge >= 0.3 is 0 Å². The monoisotopic (exact) mass is 275 g/mol. The lowest BCUT2D eigenvalue weighted by Gasteiger charge is -2.21. The largest absolute Gasteiger partial charge is 0.281 e. The van der Waals surface area contributed by atoms with Crippen LogP contribution < -0.4 is 0 Å². The van der Waals surface area contributed by atoms with Crippen LogP contribution in [0.15, 0.2) is 29.2 Å². The van der Waals surface area contributed by atoms with Crippen LogP contribution in [0.5, 0.6) is 0 Å².